The van der Waals surface area contributed by atoms with Gasteiger partial charge < -0.3 is 21.4 Å². The Morgan fingerprint density at radius 3 is 2.69 bits per heavy atom. The van der Waals surface area contributed by atoms with Gasteiger partial charge in [-0.3, -0.25) is 4.79 Å². The molecule has 0 saturated heterocycles. The van der Waals surface area contributed by atoms with Crippen LogP contribution in [0.5, 0.6) is 0 Å². The third-order valence-corrected chi connectivity index (χ3v) is 5.62. The minimum absolute atomic E-state index is 0.240. The van der Waals surface area contributed by atoms with Crippen molar-refractivity contribution in [2.24, 2.45) is 5.73 Å². The predicted octanol–water partition coefficient (Wildman–Crippen LogP) is 2.73. The van der Waals surface area contributed by atoms with Gasteiger partial charge in [0.15, 0.2) is 0 Å². The number of urea groups is 1. The van der Waals surface area contributed by atoms with Gasteiger partial charge in [-0.05, 0) is 42.2 Å². The highest BCUT2D eigenvalue weighted by molar-refractivity contribution is 5.89. The smallest absolute Gasteiger partial charge is 0.312 e. The average Bonchev–Trinajstić information content (AvgIpc) is 3.40. The van der Waals surface area contributed by atoms with E-state index in [-0.39, 0.29) is 17.1 Å². The number of nitrogens with one attached hydrogen (secondary N) is 3. The number of primary amides is 1. The summed E-state index contributed by atoms with van der Waals surface area (Å²) < 4.78 is 13.6. The van der Waals surface area contributed by atoms with E-state index in [1.54, 1.807) is 6.07 Å². The van der Waals surface area contributed by atoms with Gasteiger partial charge in [0.1, 0.15) is 11.9 Å². The maximum Gasteiger partial charge on any atom is 0.312 e. The zero-order valence-corrected chi connectivity index (χ0v) is 15.9. The molecule has 150 valence electrons. The van der Waals surface area contributed by atoms with E-state index in [0.29, 0.717) is 13.0 Å². The van der Waals surface area contributed by atoms with Crippen LogP contribution >= 0.6 is 0 Å². The van der Waals surface area contributed by atoms with Crippen molar-refractivity contribution in [1.82, 2.24) is 15.6 Å². The first kappa shape index (κ1) is 19.0. The van der Waals surface area contributed by atoms with Gasteiger partial charge in [0, 0.05) is 35.5 Å². The highest BCUT2D eigenvalue weighted by Gasteiger charge is 2.44. The molecule has 4 rings (SSSR count). The highest BCUT2D eigenvalue weighted by atomic mass is 19.1. The molecule has 1 saturated carbocycles. The number of aromatic amines is 1. The van der Waals surface area contributed by atoms with E-state index in [1.165, 1.54) is 12.1 Å². The second kappa shape index (κ2) is 7.58. The maximum absolute atomic E-state index is 13.6. The van der Waals surface area contributed by atoms with Gasteiger partial charge in [-0.1, -0.05) is 30.3 Å². The number of rotatable bonds is 7. The third-order valence-electron chi connectivity index (χ3n) is 5.62. The number of carbonyl (C=O) groups is 2. The van der Waals surface area contributed by atoms with Crippen molar-refractivity contribution in [2.75, 3.05) is 6.54 Å². The van der Waals surface area contributed by atoms with Crippen LogP contribution < -0.4 is 16.4 Å². The first-order valence-corrected chi connectivity index (χ1v) is 9.62. The van der Waals surface area contributed by atoms with Crippen LogP contribution in [0.3, 0.4) is 0 Å². The van der Waals surface area contributed by atoms with Gasteiger partial charge in [0.25, 0.3) is 0 Å². The topological polar surface area (TPSA) is 100 Å². The summed E-state index contributed by atoms with van der Waals surface area (Å²) in [4.78, 5) is 27.5. The van der Waals surface area contributed by atoms with Crippen LogP contribution in [0, 0.1) is 5.82 Å². The van der Waals surface area contributed by atoms with Gasteiger partial charge in [0.05, 0.1) is 0 Å². The Morgan fingerprint density at radius 2 is 1.97 bits per heavy atom. The van der Waals surface area contributed by atoms with Crippen molar-refractivity contribution in [1.29, 1.82) is 0 Å². The fourth-order valence-electron chi connectivity index (χ4n) is 3.82. The summed E-state index contributed by atoms with van der Waals surface area (Å²) in [5.74, 6) is -0.593. The molecule has 1 heterocycles. The summed E-state index contributed by atoms with van der Waals surface area (Å²) in [5, 5.41) is 6.46. The van der Waals surface area contributed by atoms with E-state index >= 15 is 0 Å². The number of aromatic nitrogens is 1. The van der Waals surface area contributed by atoms with Gasteiger partial charge in [0.2, 0.25) is 5.91 Å². The van der Waals surface area contributed by atoms with E-state index in [4.69, 9.17) is 5.73 Å². The van der Waals surface area contributed by atoms with Crippen molar-refractivity contribution < 1.29 is 14.0 Å². The predicted molar refractivity (Wildman–Crippen MR) is 109 cm³/mol. The SMILES string of the molecule is NC(=O)NC(Cc1c[nH]c2ccccc12)C(=O)NCC1(c2cccc(F)c2)CC1. The molecule has 1 fully saturated rings. The second-order valence-corrected chi connectivity index (χ2v) is 7.63. The van der Waals surface area contributed by atoms with E-state index in [2.05, 4.69) is 15.6 Å². The van der Waals surface area contributed by atoms with E-state index in [9.17, 15) is 14.0 Å². The number of para-hydroxylation sites is 1. The van der Waals surface area contributed by atoms with Crippen molar-refractivity contribution >= 4 is 22.8 Å². The van der Waals surface area contributed by atoms with E-state index in [0.717, 1.165) is 34.9 Å². The summed E-state index contributed by atoms with van der Waals surface area (Å²) in [5.41, 5.74) is 7.82. The fourth-order valence-corrected chi connectivity index (χ4v) is 3.82. The number of halogens is 1. The van der Waals surface area contributed by atoms with Gasteiger partial charge >= 0.3 is 6.03 Å². The van der Waals surface area contributed by atoms with Crippen LogP contribution in [0.2, 0.25) is 0 Å². The zero-order valence-electron chi connectivity index (χ0n) is 15.9. The average molecular weight is 394 g/mol. The van der Waals surface area contributed by atoms with Crippen molar-refractivity contribution in [3.05, 3.63) is 71.7 Å². The molecule has 1 aliphatic rings. The van der Waals surface area contributed by atoms with E-state index < -0.39 is 12.1 Å². The summed E-state index contributed by atoms with van der Waals surface area (Å²) in [7, 11) is 0. The molecule has 1 unspecified atom stereocenters. The summed E-state index contributed by atoms with van der Waals surface area (Å²) in [6.45, 7) is 0.389. The minimum atomic E-state index is -0.796. The number of amides is 3. The van der Waals surface area contributed by atoms with Crippen LogP contribution in [0.25, 0.3) is 10.9 Å². The lowest BCUT2D eigenvalue weighted by Crippen LogP contribution is -2.51. The minimum Gasteiger partial charge on any atom is -0.361 e. The van der Waals surface area contributed by atoms with Crippen molar-refractivity contribution in [2.45, 2.75) is 30.7 Å². The number of hydrogen-bond acceptors (Lipinski definition) is 2. The number of hydrogen-bond donors (Lipinski definition) is 4. The Bertz CT molecular complexity index is 1060. The van der Waals surface area contributed by atoms with Crippen LogP contribution in [-0.2, 0) is 16.6 Å². The highest BCUT2D eigenvalue weighted by Crippen LogP contribution is 2.47. The molecule has 0 radical (unpaired) electrons. The van der Waals surface area contributed by atoms with Gasteiger partial charge in [-0.15, -0.1) is 0 Å². The molecule has 7 heteroatoms. The molecule has 1 atom stereocenters. The number of fused-ring (bicyclic) bond motifs is 1. The molecule has 5 N–H and O–H groups in total. The van der Waals surface area contributed by atoms with Crippen molar-refractivity contribution in [3.8, 4) is 0 Å². The lowest BCUT2D eigenvalue weighted by molar-refractivity contribution is -0.123. The summed E-state index contributed by atoms with van der Waals surface area (Å²) in [6.07, 6.45) is 3.91. The lowest BCUT2D eigenvalue weighted by Gasteiger charge is -2.21. The molecular formula is C22H23FN4O2. The molecule has 0 bridgehead atoms. The molecule has 0 spiro atoms. The first-order valence-electron chi connectivity index (χ1n) is 9.62. The van der Waals surface area contributed by atoms with Gasteiger partial charge in [-0.25, -0.2) is 9.18 Å². The van der Waals surface area contributed by atoms with Crippen LogP contribution in [-0.4, -0.2) is 29.5 Å². The number of benzene rings is 2. The summed E-state index contributed by atoms with van der Waals surface area (Å²) >= 11 is 0. The summed E-state index contributed by atoms with van der Waals surface area (Å²) in [6, 6.07) is 12.7. The number of carbonyl (C=O) groups excluding carboxylic acids is 2. The molecule has 6 nitrogen and oxygen atoms in total. The molecule has 1 aliphatic carbocycles. The van der Waals surface area contributed by atoms with Crippen LogP contribution in [0.1, 0.15) is 24.0 Å². The fraction of sp³-hybridized carbons (Fsp3) is 0.273. The Morgan fingerprint density at radius 1 is 1.17 bits per heavy atom. The van der Waals surface area contributed by atoms with Gasteiger partial charge in [-0.2, -0.15) is 0 Å². The zero-order chi connectivity index (χ0) is 20.4. The Labute approximate surface area is 167 Å². The third kappa shape index (κ3) is 4.08. The van der Waals surface area contributed by atoms with Crippen LogP contribution in [0.4, 0.5) is 9.18 Å². The Hall–Kier alpha value is -3.35. The monoisotopic (exact) mass is 394 g/mol. The number of nitrogens with two attached hydrogens (primary N) is 1. The molecule has 2 aromatic carbocycles. The quantitative estimate of drug-likeness (QED) is 0.495. The largest absolute Gasteiger partial charge is 0.361 e. The standard InChI is InChI=1S/C22H23FN4O2/c23-16-5-3-4-15(11-16)22(8-9-22)13-26-20(28)19(27-21(24)29)10-14-12-25-18-7-2-1-6-17(14)18/h1-7,11-12,19,25H,8-10,13H2,(H,26,28)(H3,24,27,29). The Balaban J connectivity index is 1.47. The Kier molecular flexibility index (Phi) is 4.96. The molecule has 29 heavy (non-hydrogen) atoms. The normalized spacial score (nSPS) is 15.6. The maximum atomic E-state index is 13.6. The molecular weight excluding hydrogens is 371 g/mol. The molecule has 1 aromatic heterocycles. The van der Waals surface area contributed by atoms with Crippen molar-refractivity contribution in [3.63, 3.8) is 0 Å². The van der Waals surface area contributed by atoms with E-state index in [1.807, 2.05) is 36.5 Å². The second-order valence-electron chi connectivity index (χ2n) is 7.63. The first-order chi connectivity index (χ1) is 14.0. The molecule has 3 amide bonds. The number of H-pyrrole nitrogens is 1. The lowest BCUT2D eigenvalue weighted by atomic mass is 9.95. The molecule has 0 aliphatic heterocycles. The molecule has 3 aromatic rings. The van der Waals surface area contributed by atoms with Crippen LogP contribution in [0.15, 0.2) is 54.7 Å².